The van der Waals surface area contributed by atoms with Gasteiger partial charge in [-0.3, -0.25) is 9.20 Å². The molecule has 3 heterocycles. The Morgan fingerprint density at radius 3 is 2.86 bits per heavy atom. The number of pyridine rings is 1. The van der Waals surface area contributed by atoms with E-state index in [2.05, 4.69) is 14.6 Å². The molecule has 36 heavy (non-hydrogen) atoms. The molecule has 2 aromatic heterocycles. The predicted octanol–water partition coefficient (Wildman–Crippen LogP) is 3.48. The van der Waals surface area contributed by atoms with E-state index in [1.165, 1.54) is 35.8 Å². The third-order valence-electron chi connectivity index (χ3n) is 6.14. The fraction of sp³-hybridized carbons (Fsp3) is 0.417. The van der Waals surface area contributed by atoms with Gasteiger partial charge in [-0.15, -0.1) is 0 Å². The summed E-state index contributed by atoms with van der Waals surface area (Å²) in [6, 6.07) is 7.54. The van der Waals surface area contributed by atoms with Crippen LogP contribution in [0.5, 0.6) is 5.75 Å². The van der Waals surface area contributed by atoms with Gasteiger partial charge in [0.1, 0.15) is 36.2 Å². The van der Waals surface area contributed by atoms with Crippen molar-refractivity contribution in [3.05, 3.63) is 59.8 Å². The van der Waals surface area contributed by atoms with Gasteiger partial charge in [0.15, 0.2) is 0 Å². The molecule has 4 rings (SSSR count). The highest BCUT2D eigenvalue weighted by atomic mass is 32.2. The zero-order chi connectivity index (χ0) is 25.9. The Morgan fingerprint density at radius 1 is 1.31 bits per heavy atom. The van der Waals surface area contributed by atoms with Crippen molar-refractivity contribution in [1.29, 1.82) is 0 Å². The van der Waals surface area contributed by atoms with Gasteiger partial charge in [-0.2, -0.15) is 12.7 Å². The average molecular weight is 522 g/mol. The number of aromatic nitrogens is 2. The zero-order valence-electron chi connectivity index (χ0n) is 20.2. The number of ether oxygens (including phenoxy) is 1. The van der Waals surface area contributed by atoms with Crippen LogP contribution in [0.4, 0.5) is 14.5 Å². The lowest BCUT2D eigenvalue weighted by Crippen LogP contribution is -2.42. The molecule has 0 bridgehead atoms. The number of amides is 1. The van der Waals surface area contributed by atoms with E-state index in [1.807, 2.05) is 13.0 Å². The van der Waals surface area contributed by atoms with Gasteiger partial charge in [0.25, 0.3) is 5.91 Å². The van der Waals surface area contributed by atoms with Gasteiger partial charge in [-0.05, 0) is 49.6 Å². The first-order valence-corrected chi connectivity index (χ1v) is 13.2. The van der Waals surface area contributed by atoms with Crippen LogP contribution in [0.25, 0.3) is 5.65 Å². The number of alkyl halides is 1. The second kappa shape index (κ2) is 10.8. The number of fused-ring (bicyclic) bond motifs is 1. The van der Waals surface area contributed by atoms with E-state index < -0.39 is 28.6 Å². The van der Waals surface area contributed by atoms with Crippen molar-refractivity contribution in [3.8, 4) is 5.75 Å². The summed E-state index contributed by atoms with van der Waals surface area (Å²) in [5.74, 6) is -0.786. The van der Waals surface area contributed by atoms with Crippen LogP contribution in [-0.4, -0.2) is 61.4 Å². The van der Waals surface area contributed by atoms with Gasteiger partial charge in [-0.1, -0.05) is 6.92 Å². The first-order valence-electron chi connectivity index (χ1n) is 11.8. The van der Waals surface area contributed by atoms with Crippen LogP contribution < -0.4 is 14.4 Å². The first-order chi connectivity index (χ1) is 17.2. The van der Waals surface area contributed by atoms with Crippen LogP contribution in [0.15, 0.2) is 42.7 Å². The third kappa shape index (κ3) is 5.29. The van der Waals surface area contributed by atoms with Crippen molar-refractivity contribution in [2.45, 2.75) is 32.2 Å². The molecular formula is C24H29F2N5O4S. The zero-order valence-corrected chi connectivity index (χ0v) is 21.0. The van der Waals surface area contributed by atoms with E-state index in [1.54, 1.807) is 12.3 Å². The number of halogens is 2. The third-order valence-corrected chi connectivity index (χ3v) is 7.59. The van der Waals surface area contributed by atoms with E-state index in [9.17, 15) is 22.0 Å². The number of carbonyl (C=O) groups is 1. The van der Waals surface area contributed by atoms with E-state index >= 15 is 0 Å². The molecular weight excluding hydrogens is 492 g/mol. The molecule has 0 radical (unpaired) electrons. The van der Waals surface area contributed by atoms with Gasteiger partial charge in [0.2, 0.25) is 0 Å². The Kier molecular flexibility index (Phi) is 7.74. The lowest BCUT2D eigenvalue weighted by Gasteiger charge is -2.28. The van der Waals surface area contributed by atoms with Crippen LogP contribution in [0.2, 0.25) is 0 Å². The molecule has 12 heteroatoms. The normalized spacial score (nSPS) is 16.1. The molecule has 194 valence electrons. The molecule has 1 saturated heterocycles. The molecule has 9 nitrogen and oxygen atoms in total. The van der Waals surface area contributed by atoms with Gasteiger partial charge in [-0.25, -0.2) is 18.5 Å². The maximum atomic E-state index is 14.1. The minimum atomic E-state index is -4.00. The average Bonchev–Trinajstić information content (AvgIpc) is 3.50. The Bertz CT molecular complexity index is 1350. The molecule has 1 fully saturated rings. The van der Waals surface area contributed by atoms with Gasteiger partial charge < -0.3 is 9.64 Å². The van der Waals surface area contributed by atoms with Crippen molar-refractivity contribution in [1.82, 2.24) is 18.4 Å². The van der Waals surface area contributed by atoms with Crippen LogP contribution in [-0.2, 0) is 10.2 Å². The molecule has 1 amide bonds. The van der Waals surface area contributed by atoms with Gasteiger partial charge >= 0.3 is 10.2 Å². The standard InChI is InChI=1S/C24H29F2N5O4S/c1-3-11-29(2)36(33,34)28-24(32)21-15-27-23-9-7-18(16-31(21)23)30-12-4-5-20(30)19-14-17(26)6-8-22(19)35-13-10-25/h6-9,14-16,20H,3-5,10-13H2,1-2H3,(H,28,32). The lowest BCUT2D eigenvalue weighted by molar-refractivity contribution is 0.0973. The molecule has 3 aromatic rings. The fourth-order valence-corrected chi connectivity index (χ4v) is 5.37. The molecule has 0 spiro atoms. The summed E-state index contributed by atoms with van der Waals surface area (Å²) < 4.78 is 62.0. The fourth-order valence-electron chi connectivity index (χ4n) is 4.45. The monoisotopic (exact) mass is 521 g/mol. The molecule has 1 aliphatic heterocycles. The summed E-state index contributed by atoms with van der Waals surface area (Å²) in [6.07, 6.45) is 5.20. The molecule has 1 unspecified atom stereocenters. The Balaban J connectivity index is 1.65. The Hall–Kier alpha value is -3.25. The van der Waals surface area contributed by atoms with E-state index in [4.69, 9.17) is 4.74 Å². The molecule has 0 saturated carbocycles. The Labute approximate surface area is 208 Å². The lowest BCUT2D eigenvalue weighted by atomic mass is 10.0. The van der Waals surface area contributed by atoms with Crippen LogP contribution in [0.1, 0.15) is 48.3 Å². The number of hydrogen-bond donors (Lipinski definition) is 1. The van der Waals surface area contributed by atoms with Crippen LogP contribution in [0.3, 0.4) is 0 Å². The van der Waals surface area contributed by atoms with Crippen molar-refractivity contribution in [2.24, 2.45) is 0 Å². The molecule has 1 aliphatic rings. The quantitative estimate of drug-likeness (QED) is 0.439. The summed E-state index contributed by atoms with van der Waals surface area (Å²) in [4.78, 5) is 19.1. The highest BCUT2D eigenvalue weighted by Gasteiger charge is 2.30. The maximum Gasteiger partial charge on any atom is 0.303 e. The summed E-state index contributed by atoms with van der Waals surface area (Å²) in [6.45, 7) is 2.00. The summed E-state index contributed by atoms with van der Waals surface area (Å²) >= 11 is 0. The number of benzene rings is 1. The number of hydrogen-bond acceptors (Lipinski definition) is 6. The number of rotatable bonds is 10. The molecule has 1 atom stereocenters. The van der Waals surface area contributed by atoms with Crippen molar-refractivity contribution < 1.29 is 26.7 Å². The Morgan fingerprint density at radius 2 is 2.11 bits per heavy atom. The smallest absolute Gasteiger partial charge is 0.303 e. The first kappa shape index (κ1) is 25.8. The van der Waals surface area contributed by atoms with Crippen LogP contribution >= 0.6 is 0 Å². The largest absolute Gasteiger partial charge is 0.490 e. The number of nitrogens with one attached hydrogen (secondary N) is 1. The summed E-state index contributed by atoms with van der Waals surface area (Å²) in [5, 5.41) is 0. The summed E-state index contributed by atoms with van der Waals surface area (Å²) in [7, 11) is -2.60. The minimum absolute atomic E-state index is 0.0637. The highest BCUT2D eigenvalue weighted by Crippen LogP contribution is 2.40. The molecule has 1 N–H and O–H groups in total. The predicted molar refractivity (Wildman–Crippen MR) is 132 cm³/mol. The van der Waals surface area contributed by atoms with Crippen molar-refractivity contribution in [3.63, 3.8) is 0 Å². The van der Waals surface area contributed by atoms with Crippen LogP contribution in [0, 0.1) is 5.82 Å². The SMILES string of the molecule is CCCN(C)S(=O)(=O)NC(=O)c1cnc2ccc(N3CCCC3c3cc(F)ccc3OCCF)cn12. The van der Waals surface area contributed by atoms with E-state index in [0.29, 0.717) is 29.9 Å². The second-order valence-corrected chi connectivity index (χ2v) is 10.4. The number of anilines is 1. The number of carbonyl (C=O) groups excluding carboxylic acids is 1. The van der Waals surface area contributed by atoms with Crippen molar-refractivity contribution in [2.75, 3.05) is 38.3 Å². The second-order valence-electron chi connectivity index (χ2n) is 8.59. The van der Waals surface area contributed by atoms with Gasteiger partial charge in [0, 0.05) is 31.9 Å². The highest BCUT2D eigenvalue weighted by molar-refractivity contribution is 7.87. The van der Waals surface area contributed by atoms with E-state index in [0.717, 1.165) is 22.8 Å². The topological polar surface area (TPSA) is 96.2 Å². The minimum Gasteiger partial charge on any atom is -0.490 e. The number of imidazole rings is 1. The maximum absolute atomic E-state index is 14.1. The van der Waals surface area contributed by atoms with E-state index in [-0.39, 0.29) is 24.9 Å². The molecule has 1 aromatic carbocycles. The molecule has 0 aliphatic carbocycles. The summed E-state index contributed by atoms with van der Waals surface area (Å²) in [5.41, 5.74) is 1.89. The van der Waals surface area contributed by atoms with Crippen molar-refractivity contribution >= 4 is 27.5 Å². The number of nitrogens with zero attached hydrogens (tertiary/aromatic N) is 4. The van der Waals surface area contributed by atoms with Gasteiger partial charge in [0.05, 0.1) is 17.9 Å².